The van der Waals surface area contributed by atoms with Crippen LogP contribution in [0.15, 0.2) is 60.7 Å². The average Bonchev–Trinajstić information content (AvgIpc) is 2.70. The summed E-state index contributed by atoms with van der Waals surface area (Å²) in [5.41, 5.74) is 3.67. The van der Waals surface area contributed by atoms with Crippen LogP contribution in [0.4, 0.5) is 5.69 Å². The maximum atomic E-state index is 5.61. The van der Waals surface area contributed by atoms with Crippen molar-refractivity contribution in [3.05, 3.63) is 71.8 Å². The molecule has 4 heteroatoms. The second kappa shape index (κ2) is 9.67. The summed E-state index contributed by atoms with van der Waals surface area (Å²) in [5.74, 6) is 0.551. The predicted octanol–water partition coefficient (Wildman–Crippen LogP) is 4.84. The van der Waals surface area contributed by atoms with Crippen molar-refractivity contribution in [3.63, 3.8) is 0 Å². The summed E-state index contributed by atoms with van der Waals surface area (Å²) in [6.45, 7) is 9.41. The van der Waals surface area contributed by atoms with Crippen LogP contribution in [0.3, 0.4) is 0 Å². The van der Waals surface area contributed by atoms with Gasteiger partial charge < -0.3 is 10.2 Å². The van der Waals surface area contributed by atoms with Crippen LogP contribution in [-0.2, 0) is 0 Å². The molecule has 1 aliphatic heterocycles. The molecule has 0 spiro atoms. The van der Waals surface area contributed by atoms with Crippen LogP contribution in [0.2, 0.25) is 0 Å². The standard InChI is InChI=1S/C23H29N3S/c1-19(2)21-10-12-22(13-11-21)24-23(27)26-17-15-25(16-18-26)14-6-9-20-7-4-3-5-8-20/h3-13,19H,14-18H2,1-2H3,(H,24,27)/b9-6+. The van der Waals surface area contributed by atoms with Crippen LogP contribution in [0.5, 0.6) is 0 Å². The van der Waals surface area contributed by atoms with Gasteiger partial charge in [-0.25, -0.2) is 0 Å². The molecule has 0 atom stereocenters. The van der Waals surface area contributed by atoms with Crippen LogP contribution in [-0.4, -0.2) is 47.6 Å². The molecule has 0 aromatic heterocycles. The molecular formula is C23H29N3S. The Labute approximate surface area is 168 Å². The highest BCUT2D eigenvalue weighted by Crippen LogP contribution is 2.17. The normalized spacial score (nSPS) is 15.4. The topological polar surface area (TPSA) is 18.5 Å². The van der Waals surface area contributed by atoms with Crippen LogP contribution in [0.25, 0.3) is 6.08 Å². The van der Waals surface area contributed by atoms with Gasteiger partial charge in [-0.2, -0.15) is 0 Å². The maximum Gasteiger partial charge on any atom is 0.173 e. The maximum absolute atomic E-state index is 5.61. The Hall–Kier alpha value is -2.17. The van der Waals surface area contributed by atoms with Gasteiger partial charge in [0.15, 0.2) is 5.11 Å². The highest BCUT2D eigenvalue weighted by Gasteiger charge is 2.18. The average molecular weight is 380 g/mol. The van der Waals surface area contributed by atoms with Crippen molar-refractivity contribution >= 4 is 29.1 Å². The smallest absolute Gasteiger partial charge is 0.173 e. The lowest BCUT2D eigenvalue weighted by Crippen LogP contribution is -2.49. The number of nitrogens with one attached hydrogen (secondary N) is 1. The van der Waals surface area contributed by atoms with Gasteiger partial charge in [-0.15, -0.1) is 0 Å². The molecule has 142 valence electrons. The molecule has 1 heterocycles. The molecule has 0 radical (unpaired) electrons. The first-order chi connectivity index (χ1) is 13.1. The highest BCUT2D eigenvalue weighted by molar-refractivity contribution is 7.80. The van der Waals surface area contributed by atoms with Gasteiger partial charge in [0.1, 0.15) is 0 Å². The monoisotopic (exact) mass is 379 g/mol. The van der Waals surface area contributed by atoms with E-state index in [0.717, 1.165) is 43.5 Å². The van der Waals surface area contributed by atoms with Crippen molar-refractivity contribution in [2.45, 2.75) is 19.8 Å². The van der Waals surface area contributed by atoms with Gasteiger partial charge in [0.2, 0.25) is 0 Å². The summed E-state index contributed by atoms with van der Waals surface area (Å²) in [6.07, 6.45) is 4.44. The zero-order valence-electron chi connectivity index (χ0n) is 16.3. The third kappa shape index (κ3) is 5.91. The second-order valence-electron chi connectivity index (χ2n) is 7.31. The first-order valence-electron chi connectivity index (χ1n) is 9.71. The first kappa shape index (κ1) is 19.6. The summed E-state index contributed by atoms with van der Waals surface area (Å²) in [5, 5.41) is 4.21. The predicted molar refractivity (Wildman–Crippen MR) is 120 cm³/mol. The molecule has 1 fully saturated rings. The van der Waals surface area contributed by atoms with Crippen LogP contribution in [0.1, 0.15) is 30.9 Å². The van der Waals surface area contributed by atoms with Gasteiger partial charge in [0.25, 0.3) is 0 Å². The van der Waals surface area contributed by atoms with E-state index in [-0.39, 0.29) is 0 Å². The van der Waals surface area contributed by atoms with E-state index < -0.39 is 0 Å². The fourth-order valence-corrected chi connectivity index (χ4v) is 3.49. The van der Waals surface area contributed by atoms with E-state index >= 15 is 0 Å². The summed E-state index contributed by atoms with van der Waals surface area (Å²) < 4.78 is 0. The summed E-state index contributed by atoms with van der Waals surface area (Å²) in [6, 6.07) is 19.0. The lowest BCUT2D eigenvalue weighted by Gasteiger charge is -2.35. The Balaban J connectivity index is 1.43. The van der Waals surface area contributed by atoms with Gasteiger partial charge in [0, 0.05) is 38.4 Å². The Kier molecular flexibility index (Phi) is 7.02. The molecule has 3 rings (SSSR count). The van der Waals surface area contributed by atoms with E-state index in [2.05, 4.69) is 89.6 Å². The highest BCUT2D eigenvalue weighted by atomic mass is 32.1. The van der Waals surface area contributed by atoms with Gasteiger partial charge in [0.05, 0.1) is 0 Å². The van der Waals surface area contributed by atoms with Crippen LogP contribution >= 0.6 is 12.2 Å². The largest absolute Gasteiger partial charge is 0.346 e. The van der Waals surface area contributed by atoms with Crippen molar-refractivity contribution in [1.82, 2.24) is 9.80 Å². The zero-order valence-corrected chi connectivity index (χ0v) is 17.1. The molecule has 1 aliphatic rings. The lowest BCUT2D eigenvalue weighted by molar-refractivity contribution is 0.200. The minimum atomic E-state index is 0.551. The molecular weight excluding hydrogens is 350 g/mol. The van der Waals surface area contributed by atoms with E-state index in [1.807, 2.05) is 6.07 Å². The van der Waals surface area contributed by atoms with Gasteiger partial charge in [-0.3, -0.25) is 4.90 Å². The SMILES string of the molecule is CC(C)c1ccc(NC(=S)N2CCN(C/C=C/c3ccccc3)CC2)cc1. The fraction of sp³-hybridized carbons (Fsp3) is 0.348. The summed E-state index contributed by atoms with van der Waals surface area (Å²) in [4.78, 5) is 4.74. The number of piperazine rings is 1. The molecule has 1 saturated heterocycles. The number of benzene rings is 2. The first-order valence-corrected chi connectivity index (χ1v) is 10.1. The third-order valence-corrected chi connectivity index (χ3v) is 5.32. The van der Waals surface area contributed by atoms with E-state index in [0.29, 0.717) is 5.92 Å². The Bertz CT molecular complexity index is 745. The zero-order chi connectivity index (χ0) is 19.1. The number of thiocarbonyl (C=S) groups is 1. The van der Waals surface area contributed by atoms with Crippen molar-refractivity contribution in [1.29, 1.82) is 0 Å². The van der Waals surface area contributed by atoms with Gasteiger partial charge >= 0.3 is 0 Å². The molecule has 1 N–H and O–H groups in total. The second-order valence-corrected chi connectivity index (χ2v) is 7.69. The molecule has 2 aromatic rings. The van der Waals surface area contributed by atoms with Crippen molar-refractivity contribution in [2.75, 3.05) is 38.0 Å². The molecule has 0 saturated carbocycles. The van der Waals surface area contributed by atoms with E-state index in [9.17, 15) is 0 Å². The van der Waals surface area contributed by atoms with E-state index in [4.69, 9.17) is 12.2 Å². The minimum Gasteiger partial charge on any atom is -0.346 e. The molecule has 2 aromatic carbocycles. The quantitative estimate of drug-likeness (QED) is 0.749. The summed E-state index contributed by atoms with van der Waals surface area (Å²) in [7, 11) is 0. The van der Waals surface area contributed by atoms with Crippen molar-refractivity contribution in [3.8, 4) is 0 Å². The third-order valence-electron chi connectivity index (χ3n) is 4.96. The number of rotatable bonds is 5. The van der Waals surface area contributed by atoms with Crippen LogP contribution in [0, 0.1) is 0 Å². The minimum absolute atomic E-state index is 0.551. The Morgan fingerprint density at radius 2 is 1.67 bits per heavy atom. The fourth-order valence-electron chi connectivity index (χ4n) is 3.19. The molecule has 0 amide bonds. The molecule has 3 nitrogen and oxygen atoms in total. The number of hydrogen-bond donors (Lipinski definition) is 1. The Morgan fingerprint density at radius 1 is 1.00 bits per heavy atom. The number of nitrogens with zero attached hydrogens (tertiary/aromatic N) is 2. The van der Waals surface area contributed by atoms with Crippen LogP contribution < -0.4 is 5.32 Å². The molecule has 0 unspecified atom stereocenters. The molecule has 0 bridgehead atoms. The lowest BCUT2D eigenvalue weighted by atomic mass is 10.0. The number of hydrogen-bond acceptors (Lipinski definition) is 2. The van der Waals surface area contributed by atoms with E-state index in [1.165, 1.54) is 11.1 Å². The molecule has 0 aliphatic carbocycles. The molecule has 27 heavy (non-hydrogen) atoms. The van der Waals surface area contributed by atoms with Gasteiger partial charge in [-0.1, -0.05) is 68.5 Å². The van der Waals surface area contributed by atoms with Crippen molar-refractivity contribution < 1.29 is 0 Å². The van der Waals surface area contributed by atoms with Crippen molar-refractivity contribution in [2.24, 2.45) is 0 Å². The van der Waals surface area contributed by atoms with Gasteiger partial charge in [-0.05, 0) is 41.4 Å². The summed E-state index contributed by atoms with van der Waals surface area (Å²) >= 11 is 5.61. The van der Waals surface area contributed by atoms with E-state index in [1.54, 1.807) is 0 Å². The number of anilines is 1. The Morgan fingerprint density at radius 3 is 2.30 bits per heavy atom.